The van der Waals surface area contributed by atoms with Gasteiger partial charge < -0.3 is 9.64 Å². The normalized spacial score (nSPS) is 10.6. The number of hydrogen-bond donors (Lipinski definition) is 0. The van der Waals surface area contributed by atoms with Gasteiger partial charge in [0.1, 0.15) is 22.9 Å². The minimum absolute atomic E-state index is 0.103. The van der Waals surface area contributed by atoms with E-state index in [1.54, 1.807) is 19.0 Å². The Kier molecular flexibility index (Phi) is 3.02. The van der Waals surface area contributed by atoms with Crippen LogP contribution in [0.2, 0.25) is 5.28 Å². The van der Waals surface area contributed by atoms with Gasteiger partial charge in [-0.25, -0.2) is 9.37 Å². The zero-order valence-corrected chi connectivity index (χ0v) is 10.4. The molecule has 0 aliphatic rings. The Bertz CT molecular complexity index is 574. The van der Waals surface area contributed by atoms with E-state index < -0.39 is 5.82 Å². The van der Waals surface area contributed by atoms with Crippen molar-refractivity contribution in [1.82, 2.24) is 9.97 Å². The molecule has 0 saturated heterocycles. The first-order valence-electron chi connectivity index (χ1n) is 4.91. The Balaban J connectivity index is 2.88. The molecule has 0 saturated carbocycles. The first kappa shape index (κ1) is 11.9. The van der Waals surface area contributed by atoms with Gasteiger partial charge in [0.15, 0.2) is 0 Å². The number of fused-ring (bicyclic) bond motifs is 1. The van der Waals surface area contributed by atoms with Crippen LogP contribution in [-0.2, 0) is 0 Å². The van der Waals surface area contributed by atoms with E-state index in [-0.39, 0.29) is 5.28 Å². The van der Waals surface area contributed by atoms with Crippen molar-refractivity contribution in [1.29, 1.82) is 0 Å². The molecule has 2 rings (SSSR count). The zero-order valence-electron chi connectivity index (χ0n) is 9.66. The van der Waals surface area contributed by atoms with E-state index in [0.29, 0.717) is 22.5 Å². The Morgan fingerprint density at radius 3 is 2.59 bits per heavy atom. The average Bonchev–Trinajstić information content (AvgIpc) is 2.27. The summed E-state index contributed by atoms with van der Waals surface area (Å²) in [6.07, 6.45) is 0. The summed E-state index contributed by atoms with van der Waals surface area (Å²) in [5.74, 6) is 0.494. The van der Waals surface area contributed by atoms with Crippen LogP contribution in [0, 0.1) is 5.82 Å². The van der Waals surface area contributed by atoms with E-state index in [0.717, 1.165) is 0 Å². The van der Waals surface area contributed by atoms with Crippen molar-refractivity contribution in [2.75, 3.05) is 26.1 Å². The maximum absolute atomic E-state index is 13.4. The SMILES string of the molecule is COc1cc(F)cc2c(N(C)C)nc(Cl)nc12. The Labute approximate surface area is 103 Å². The van der Waals surface area contributed by atoms with Crippen LogP contribution >= 0.6 is 11.6 Å². The standard InChI is InChI=1S/C11H11ClFN3O/c1-16(2)10-7-4-6(13)5-8(17-3)9(7)14-11(12)15-10/h4-5H,1-3H3. The molecule has 0 N–H and O–H groups in total. The molecular formula is C11H11ClFN3O. The highest BCUT2D eigenvalue weighted by molar-refractivity contribution is 6.29. The number of anilines is 1. The third-order valence-corrected chi connectivity index (χ3v) is 2.50. The number of ether oxygens (including phenoxy) is 1. The molecule has 0 fully saturated rings. The smallest absolute Gasteiger partial charge is 0.225 e. The third-order valence-electron chi connectivity index (χ3n) is 2.33. The highest BCUT2D eigenvalue weighted by Crippen LogP contribution is 2.31. The lowest BCUT2D eigenvalue weighted by Gasteiger charge is -2.15. The molecule has 0 amide bonds. The zero-order chi connectivity index (χ0) is 12.6. The van der Waals surface area contributed by atoms with Gasteiger partial charge in [-0.3, -0.25) is 0 Å². The van der Waals surface area contributed by atoms with Crippen molar-refractivity contribution in [3.63, 3.8) is 0 Å². The van der Waals surface area contributed by atoms with Crippen molar-refractivity contribution >= 4 is 28.3 Å². The van der Waals surface area contributed by atoms with Crippen LogP contribution in [0.15, 0.2) is 12.1 Å². The molecule has 1 aromatic carbocycles. The van der Waals surface area contributed by atoms with E-state index in [4.69, 9.17) is 16.3 Å². The summed E-state index contributed by atoms with van der Waals surface area (Å²) < 4.78 is 18.5. The number of hydrogen-bond acceptors (Lipinski definition) is 4. The molecule has 0 atom stereocenters. The average molecular weight is 256 g/mol. The maximum atomic E-state index is 13.4. The second-order valence-corrected chi connectivity index (χ2v) is 4.05. The Morgan fingerprint density at radius 1 is 1.29 bits per heavy atom. The molecule has 90 valence electrons. The lowest BCUT2D eigenvalue weighted by Crippen LogP contribution is -2.12. The van der Waals surface area contributed by atoms with Crippen LogP contribution in [-0.4, -0.2) is 31.2 Å². The summed E-state index contributed by atoms with van der Waals surface area (Å²) in [5.41, 5.74) is 0.498. The van der Waals surface area contributed by atoms with Gasteiger partial charge in [-0.1, -0.05) is 0 Å². The summed E-state index contributed by atoms with van der Waals surface area (Å²) in [7, 11) is 5.06. The van der Waals surface area contributed by atoms with Crippen molar-refractivity contribution in [2.24, 2.45) is 0 Å². The molecule has 0 aliphatic carbocycles. The van der Waals surface area contributed by atoms with Crippen LogP contribution in [0.25, 0.3) is 10.9 Å². The Morgan fingerprint density at radius 2 is 2.00 bits per heavy atom. The van der Waals surface area contributed by atoms with E-state index in [1.807, 2.05) is 0 Å². The number of rotatable bonds is 2. The summed E-state index contributed by atoms with van der Waals surface area (Å²) in [5, 5.41) is 0.669. The maximum Gasteiger partial charge on any atom is 0.225 e. The second-order valence-electron chi connectivity index (χ2n) is 3.71. The van der Waals surface area contributed by atoms with Crippen molar-refractivity contribution < 1.29 is 9.13 Å². The van der Waals surface area contributed by atoms with Crippen LogP contribution in [0.4, 0.5) is 10.2 Å². The predicted octanol–water partition coefficient (Wildman–Crippen LogP) is 2.50. The molecule has 1 heterocycles. The van der Waals surface area contributed by atoms with Crippen molar-refractivity contribution in [3.05, 3.63) is 23.2 Å². The number of halogens is 2. The highest BCUT2D eigenvalue weighted by Gasteiger charge is 2.14. The summed E-state index contributed by atoms with van der Waals surface area (Å²) in [6, 6.07) is 2.63. The molecule has 4 nitrogen and oxygen atoms in total. The van der Waals surface area contributed by atoms with Gasteiger partial charge in [-0.05, 0) is 17.7 Å². The lowest BCUT2D eigenvalue weighted by molar-refractivity contribution is 0.415. The fourth-order valence-corrected chi connectivity index (χ4v) is 1.79. The minimum Gasteiger partial charge on any atom is -0.494 e. The minimum atomic E-state index is -0.400. The van der Waals surface area contributed by atoms with E-state index in [9.17, 15) is 4.39 Å². The largest absolute Gasteiger partial charge is 0.494 e. The molecule has 0 spiro atoms. The highest BCUT2D eigenvalue weighted by atomic mass is 35.5. The molecular weight excluding hydrogens is 245 g/mol. The van der Waals surface area contributed by atoms with Crippen LogP contribution in [0.5, 0.6) is 5.75 Å². The number of benzene rings is 1. The van der Waals surface area contributed by atoms with Gasteiger partial charge in [0, 0.05) is 25.5 Å². The van der Waals surface area contributed by atoms with Crippen LogP contribution < -0.4 is 9.64 Å². The molecule has 0 unspecified atom stereocenters. The molecule has 0 bridgehead atoms. The van der Waals surface area contributed by atoms with E-state index >= 15 is 0 Å². The molecule has 0 aliphatic heterocycles. The molecule has 17 heavy (non-hydrogen) atoms. The molecule has 6 heteroatoms. The monoisotopic (exact) mass is 255 g/mol. The number of aromatic nitrogens is 2. The molecule has 2 aromatic rings. The van der Waals surface area contributed by atoms with Gasteiger partial charge >= 0.3 is 0 Å². The first-order valence-corrected chi connectivity index (χ1v) is 5.29. The molecule has 0 radical (unpaired) electrons. The number of methoxy groups -OCH3 is 1. The number of nitrogens with zero attached hydrogens (tertiary/aromatic N) is 3. The van der Waals surface area contributed by atoms with Gasteiger partial charge in [-0.2, -0.15) is 4.98 Å². The van der Waals surface area contributed by atoms with Crippen LogP contribution in [0.3, 0.4) is 0 Å². The first-order chi connectivity index (χ1) is 8.02. The summed E-state index contributed by atoms with van der Waals surface area (Å²) >= 11 is 5.84. The quantitative estimate of drug-likeness (QED) is 0.773. The van der Waals surface area contributed by atoms with Gasteiger partial charge in [0.2, 0.25) is 5.28 Å². The van der Waals surface area contributed by atoms with Crippen molar-refractivity contribution in [3.8, 4) is 5.75 Å². The lowest BCUT2D eigenvalue weighted by atomic mass is 10.2. The fraction of sp³-hybridized carbons (Fsp3) is 0.273. The van der Waals surface area contributed by atoms with E-state index in [2.05, 4.69) is 9.97 Å². The third kappa shape index (κ3) is 2.10. The van der Waals surface area contributed by atoms with Gasteiger partial charge in [0.05, 0.1) is 7.11 Å². The van der Waals surface area contributed by atoms with Crippen LogP contribution in [0.1, 0.15) is 0 Å². The van der Waals surface area contributed by atoms with Crippen molar-refractivity contribution in [2.45, 2.75) is 0 Å². The predicted molar refractivity (Wildman–Crippen MR) is 65.4 cm³/mol. The van der Waals surface area contributed by atoms with Gasteiger partial charge in [0.25, 0.3) is 0 Å². The Hall–Kier alpha value is -1.62. The van der Waals surface area contributed by atoms with Gasteiger partial charge in [-0.15, -0.1) is 0 Å². The van der Waals surface area contributed by atoms with E-state index in [1.165, 1.54) is 19.2 Å². The second kappa shape index (κ2) is 4.33. The fourth-order valence-electron chi connectivity index (χ4n) is 1.62. The topological polar surface area (TPSA) is 38.2 Å². The molecule has 1 aromatic heterocycles. The summed E-state index contributed by atoms with van der Waals surface area (Å²) in [4.78, 5) is 9.89. The summed E-state index contributed by atoms with van der Waals surface area (Å²) in [6.45, 7) is 0.